The SMILES string of the molecule is COc1ccc(SCc2nc(CCO)c(C)o2)cc1. The van der Waals surface area contributed by atoms with Gasteiger partial charge < -0.3 is 14.3 Å². The predicted molar refractivity (Wildman–Crippen MR) is 74.6 cm³/mol. The van der Waals surface area contributed by atoms with Crippen molar-refractivity contribution in [1.82, 2.24) is 4.98 Å². The largest absolute Gasteiger partial charge is 0.497 e. The normalized spacial score (nSPS) is 10.7. The summed E-state index contributed by atoms with van der Waals surface area (Å²) in [6, 6.07) is 7.88. The highest BCUT2D eigenvalue weighted by molar-refractivity contribution is 7.98. The molecule has 4 nitrogen and oxygen atoms in total. The Labute approximate surface area is 116 Å². The molecule has 1 N–H and O–H groups in total. The van der Waals surface area contributed by atoms with Crippen LogP contribution in [-0.4, -0.2) is 23.8 Å². The molecule has 102 valence electrons. The quantitative estimate of drug-likeness (QED) is 0.824. The molecule has 19 heavy (non-hydrogen) atoms. The molecule has 5 heteroatoms. The summed E-state index contributed by atoms with van der Waals surface area (Å²) in [7, 11) is 1.65. The first-order valence-electron chi connectivity index (χ1n) is 6.06. The maximum absolute atomic E-state index is 8.91. The van der Waals surface area contributed by atoms with E-state index in [1.165, 1.54) is 0 Å². The van der Waals surface area contributed by atoms with E-state index in [1.807, 2.05) is 31.2 Å². The molecule has 0 amide bonds. The molecule has 0 unspecified atom stereocenters. The smallest absolute Gasteiger partial charge is 0.204 e. The third-order valence-electron chi connectivity index (χ3n) is 2.71. The number of rotatable bonds is 6. The Morgan fingerprint density at radius 3 is 2.68 bits per heavy atom. The molecule has 0 radical (unpaired) electrons. The second kappa shape index (κ2) is 6.63. The second-order valence-corrected chi connectivity index (χ2v) is 5.10. The number of aromatic nitrogens is 1. The van der Waals surface area contributed by atoms with Gasteiger partial charge in [-0.15, -0.1) is 11.8 Å². The molecule has 1 aromatic heterocycles. The summed E-state index contributed by atoms with van der Waals surface area (Å²) in [5.41, 5.74) is 0.841. The van der Waals surface area contributed by atoms with Crippen molar-refractivity contribution in [1.29, 1.82) is 0 Å². The van der Waals surface area contributed by atoms with Crippen LogP contribution in [0.2, 0.25) is 0 Å². The predicted octanol–water partition coefficient (Wildman–Crippen LogP) is 2.82. The fourth-order valence-corrected chi connectivity index (χ4v) is 2.45. The lowest BCUT2D eigenvalue weighted by atomic mass is 10.3. The Morgan fingerprint density at radius 2 is 2.05 bits per heavy atom. The first-order chi connectivity index (χ1) is 9.22. The third-order valence-corrected chi connectivity index (χ3v) is 3.70. The van der Waals surface area contributed by atoms with Crippen LogP contribution in [0.15, 0.2) is 33.6 Å². The van der Waals surface area contributed by atoms with Crippen LogP contribution < -0.4 is 4.74 Å². The van der Waals surface area contributed by atoms with Gasteiger partial charge in [0.1, 0.15) is 11.5 Å². The van der Waals surface area contributed by atoms with Gasteiger partial charge in [0.2, 0.25) is 5.89 Å². The van der Waals surface area contributed by atoms with Crippen molar-refractivity contribution in [2.24, 2.45) is 0 Å². The number of hydrogen-bond acceptors (Lipinski definition) is 5. The van der Waals surface area contributed by atoms with Gasteiger partial charge in [0.15, 0.2) is 0 Å². The molecular formula is C14H17NO3S. The first-order valence-corrected chi connectivity index (χ1v) is 7.04. The van der Waals surface area contributed by atoms with E-state index in [2.05, 4.69) is 4.98 Å². The van der Waals surface area contributed by atoms with E-state index < -0.39 is 0 Å². The minimum Gasteiger partial charge on any atom is -0.497 e. The Balaban J connectivity index is 1.95. The van der Waals surface area contributed by atoms with Crippen molar-refractivity contribution < 1.29 is 14.3 Å². The molecular weight excluding hydrogens is 262 g/mol. The van der Waals surface area contributed by atoms with E-state index in [9.17, 15) is 0 Å². The lowest BCUT2D eigenvalue weighted by molar-refractivity contribution is 0.297. The molecule has 0 aliphatic rings. The molecule has 0 fully saturated rings. The number of oxazole rings is 1. The zero-order valence-electron chi connectivity index (χ0n) is 11.0. The Bertz CT molecular complexity index is 522. The van der Waals surface area contributed by atoms with E-state index in [0.29, 0.717) is 18.1 Å². The lowest BCUT2D eigenvalue weighted by Crippen LogP contribution is -1.93. The van der Waals surface area contributed by atoms with Gasteiger partial charge in [-0.3, -0.25) is 0 Å². The molecule has 2 rings (SSSR count). The van der Waals surface area contributed by atoms with Gasteiger partial charge in [-0.25, -0.2) is 4.98 Å². The Morgan fingerprint density at radius 1 is 1.32 bits per heavy atom. The van der Waals surface area contributed by atoms with Gasteiger partial charge in [0, 0.05) is 17.9 Å². The third kappa shape index (κ3) is 3.75. The molecule has 2 aromatic rings. The summed E-state index contributed by atoms with van der Waals surface area (Å²) in [6.07, 6.45) is 0.544. The van der Waals surface area contributed by atoms with Crippen LogP contribution in [0.5, 0.6) is 5.75 Å². The molecule has 1 aromatic carbocycles. The first kappa shape index (κ1) is 14.0. The summed E-state index contributed by atoms with van der Waals surface area (Å²) in [5.74, 6) is 3.01. The van der Waals surface area contributed by atoms with Crippen molar-refractivity contribution in [2.75, 3.05) is 13.7 Å². The van der Waals surface area contributed by atoms with Gasteiger partial charge in [0.05, 0.1) is 18.6 Å². The minimum atomic E-state index is 0.0957. The van der Waals surface area contributed by atoms with E-state index in [-0.39, 0.29) is 6.61 Å². The summed E-state index contributed by atoms with van der Waals surface area (Å²) in [5, 5.41) is 8.91. The molecule has 0 bridgehead atoms. The molecule has 0 saturated carbocycles. The molecule has 0 atom stereocenters. The number of aliphatic hydroxyl groups is 1. The number of nitrogens with zero attached hydrogens (tertiary/aromatic N) is 1. The second-order valence-electron chi connectivity index (χ2n) is 4.05. The van der Waals surface area contributed by atoms with E-state index >= 15 is 0 Å². The van der Waals surface area contributed by atoms with Crippen molar-refractivity contribution in [3.05, 3.63) is 41.6 Å². The molecule has 0 spiro atoms. The number of aryl methyl sites for hydroxylation is 1. The molecule has 1 heterocycles. The minimum absolute atomic E-state index is 0.0957. The molecule has 0 saturated heterocycles. The Kier molecular flexibility index (Phi) is 4.87. The fraction of sp³-hybridized carbons (Fsp3) is 0.357. The maximum atomic E-state index is 8.91. The van der Waals surface area contributed by atoms with Crippen LogP contribution in [-0.2, 0) is 12.2 Å². The van der Waals surface area contributed by atoms with E-state index in [4.69, 9.17) is 14.3 Å². The summed E-state index contributed by atoms with van der Waals surface area (Å²) >= 11 is 1.66. The van der Waals surface area contributed by atoms with Crippen LogP contribution in [0.1, 0.15) is 17.3 Å². The van der Waals surface area contributed by atoms with Crippen molar-refractivity contribution in [3.63, 3.8) is 0 Å². The average Bonchev–Trinajstić information content (AvgIpc) is 2.78. The van der Waals surface area contributed by atoms with E-state index in [1.54, 1.807) is 18.9 Å². The van der Waals surface area contributed by atoms with Gasteiger partial charge in [-0.05, 0) is 31.2 Å². The van der Waals surface area contributed by atoms with Gasteiger partial charge >= 0.3 is 0 Å². The monoisotopic (exact) mass is 279 g/mol. The van der Waals surface area contributed by atoms with E-state index in [0.717, 1.165) is 22.1 Å². The van der Waals surface area contributed by atoms with Crippen LogP contribution in [0.3, 0.4) is 0 Å². The molecule has 0 aliphatic carbocycles. The summed E-state index contributed by atoms with van der Waals surface area (Å²) < 4.78 is 10.7. The number of aliphatic hydroxyl groups excluding tert-OH is 1. The standard InChI is InChI=1S/C14H17NO3S/c1-10-13(7-8-16)15-14(18-10)9-19-12-5-3-11(17-2)4-6-12/h3-6,16H,7-9H2,1-2H3. The van der Waals surface area contributed by atoms with Crippen molar-refractivity contribution in [3.8, 4) is 5.75 Å². The van der Waals surface area contributed by atoms with Gasteiger partial charge in [0.25, 0.3) is 0 Å². The van der Waals surface area contributed by atoms with Crippen molar-refractivity contribution >= 4 is 11.8 Å². The average molecular weight is 279 g/mol. The maximum Gasteiger partial charge on any atom is 0.204 e. The van der Waals surface area contributed by atoms with Crippen LogP contribution in [0.4, 0.5) is 0 Å². The van der Waals surface area contributed by atoms with Crippen LogP contribution in [0, 0.1) is 6.92 Å². The fourth-order valence-electron chi connectivity index (χ4n) is 1.70. The lowest BCUT2D eigenvalue weighted by Gasteiger charge is -2.01. The number of thioether (sulfide) groups is 1. The zero-order chi connectivity index (χ0) is 13.7. The summed E-state index contributed by atoms with van der Waals surface area (Å²) in [4.78, 5) is 5.52. The highest BCUT2D eigenvalue weighted by Crippen LogP contribution is 2.25. The highest BCUT2D eigenvalue weighted by Gasteiger charge is 2.09. The van der Waals surface area contributed by atoms with Crippen LogP contribution >= 0.6 is 11.8 Å². The number of ether oxygens (including phenoxy) is 1. The van der Waals surface area contributed by atoms with Crippen molar-refractivity contribution in [2.45, 2.75) is 24.0 Å². The molecule has 0 aliphatic heterocycles. The number of methoxy groups -OCH3 is 1. The summed E-state index contributed by atoms with van der Waals surface area (Å²) in [6.45, 7) is 1.97. The van der Waals surface area contributed by atoms with Gasteiger partial charge in [-0.1, -0.05) is 0 Å². The highest BCUT2D eigenvalue weighted by atomic mass is 32.2. The number of benzene rings is 1. The van der Waals surface area contributed by atoms with Gasteiger partial charge in [-0.2, -0.15) is 0 Å². The Hall–Kier alpha value is -1.46. The topological polar surface area (TPSA) is 55.5 Å². The van der Waals surface area contributed by atoms with Crippen LogP contribution in [0.25, 0.3) is 0 Å². The zero-order valence-corrected chi connectivity index (χ0v) is 11.9. The number of hydrogen-bond donors (Lipinski definition) is 1.